The van der Waals surface area contributed by atoms with Gasteiger partial charge < -0.3 is 14.9 Å². The van der Waals surface area contributed by atoms with Crippen LogP contribution < -0.4 is 0 Å². The first-order valence-corrected chi connectivity index (χ1v) is 6.49. The summed E-state index contributed by atoms with van der Waals surface area (Å²) in [5.41, 5.74) is 0. The van der Waals surface area contributed by atoms with E-state index in [4.69, 9.17) is 14.9 Å². The summed E-state index contributed by atoms with van der Waals surface area (Å²) < 4.78 is 4.87. The number of rotatable bonds is 10. The van der Waals surface area contributed by atoms with Crippen LogP contribution in [-0.4, -0.2) is 34.7 Å². The number of carboxylic acids is 2. The molecule has 0 saturated carbocycles. The number of carbonyl (C=O) groups is 3. The number of hydrogen-bond donors (Lipinski definition) is 2. The fourth-order valence-electron chi connectivity index (χ4n) is 1.54. The third-order valence-corrected chi connectivity index (χ3v) is 2.86. The molecule has 0 rings (SSSR count). The molecule has 0 spiro atoms. The molecule has 2 unspecified atom stereocenters. The smallest absolute Gasteiger partial charge is 0.309 e. The molecule has 2 atom stereocenters. The first kappa shape index (κ1) is 17.4. The Bertz CT molecular complexity index is 312. The molecule has 0 aromatic heterocycles. The molecule has 0 aromatic rings. The SMILES string of the molecule is CCCC(=O)OCC(CCCC(C)C(=O)O)C(=O)O. The fourth-order valence-corrected chi connectivity index (χ4v) is 1.54. The van der Waals surface area contributed by atoms with Gasteiger partial charge in [-0.05, 0) is 19.3 Å². The van der Waals surface area contributed by atoms with Gasteiger partial charge in [0.1, 0.15) is 6.61 Å². The van der Waals surface area contributed by atoms with Crippen molar-refractivity contribution in [2.75, 3.05) is 6.61 Å². The van der Waals surface area contributed by atoms with Crippen molar-refractivity contribution in [2.45, 2.75) is 46.0 Å². The number of carboxylic acid groups (broad SMARTS) is 2. The van der Waals surface area contributed by atoms with Gasteiger partial charge in [0.2, 0.25) is 0 Å². The number of ether oxygens (including phenoxy) is 1. The molecule has 110 valence electrons. The Hall–Kier alpha value is -1.59. The quantitative estimate of drug-likeness (QED) is 0.590. The van der Waals surface area contributed by atoms with Crippen LogP contribution in [0.2, 0.25) is 0 Å². The highest BCUT2D eigenvalue weighted by molar-refractivity contribution is 5.72. The van der Waals surface area contributed by atoms with Gasteiger partial charge in [0.05, 0.1) is 11.8 Å². The molecule has 19 heavy (non-hydrogen) atoms. The maximum Gasteiger partial charge on any atom is 0.309 e. The second-order valence-corrected chi connectivity index (χ2v) is 4.64. The Balaban J connectivity index is 4.03. The zero-order valence-corrected chi connectivity index (χ0v) is 11.4. The van der Waals surface area contributed by atoms with Gasteiger partial charge in [-0.1, -0.05) is 20.3 Å². The molecule has 0 aliphatic heterocycles. The maximum atomic E-state index is 11.1. The highest BCUT2D eigenvalue weighted by atomic mass is 16.5. The lowest BCUT2D eigenvalue weighted by Gasteiger charge is -2.13. The first-order valence-electron chi connectivity index (χ1n) is 6.49. The van der Waals surface area contributed by atoms with Crippen molar-refractivity contribution in [3.8, 4) is 0 Å². The van der Waals surface area contributed by atoms with Gasteiger partial charge in [0.15, 0.2) is 0 Å². The van der Waals surface area contributed by atoms with Crippen LogP contribution in [0.15, 0.2) is 0 Å². The van der Waals surface area contributed by atoms with E-state index in [1.54, 1.807) is 6.92 Å². The van der Waals surface area contributed by atoms with Gasteiger partial charge in [-0.3, -0.25) is 14.4 Å². The molecule has 2 N–H and O–H groups in total. The molecule has 6 heteroatoms. The normalized spacial score (nSPS) is 13.6. The summed E-state index contributed by atoms with van der Waals surface area (Å²) in [5, 5.41) is 17.7. The minimum absolute atomic E-state index is 0.143. The highest BCUT2D eigenvalue weighted by Crippen LogP contribution is 2.14. The van der Waals surface area contributed by atoms with E-state index >= 15 is 0 Å². The van der Waals surface area contributed by atoms with Crippen LogP contribution in [0.25, 0.3) is 0 Å². The highest BCUT2D eigenvalue weighted by Gasteiger charge is 2.20. The minimum Gasteiger partial charge on any atom is -0.481 e. The molecule has 0 radical (unpaired) electrons. The largest absolute Gasteiger partial charge is 0.481 e. The van der Waals surface area contributed by atoms with Crippen LogP contribution in [0.4, 0.5) is 0 Å². The zero-order chi connectivity index (χ0) is 14.8. The van der Waals surface area contributed by atoms with E-state index in [1.165, 1.54) is 0 Å². The Labute approximate surface area is 112 Å². The van der Waals surface area contributed by atoms with E-state index in [-0.39, 0.29) is 13.0 Å². The lowest BCUT2D eigenvalue weighted by atomic mass is 9.98. The van der Waals surface area contributed by atoms with Gasteiger partial charge in [-0.2, -0.15) is 0 Å². The number of aliphatic carboxylic acids is 2. The van der Waals surface area contributed by atoms with Crippen LogP contribution in [0.5, 0.6) is 0 Å². The van der Waals surface area contributed by atoms with Crippen molar-refractivity contribution < 1.29 is 29.3 Å². The number of carbonyl (C=O) groups excluding carboxylic acids is 1. The van der Waals surface area contributed by atoms with E-state index in [0.717, 1.165) is 0 Å². The van der Waals surface area contributed by atoms with E-state index in [1.807, 2.05) is 6.92 Å². The monoisotopic (exact) mass is 274 g/mol. The van der Waals surface area contributed by atoms with Gasteiger partial charge >= 0.3 is 17.9 Å². The van der Waals surface area contributed by atoms with E-state index in [2.05, 4.69) is 0 Å². The van der Waals surface area contributed by atoms with Gasteiger partial charge in [-0.15, -0.1) is 0 Å². The number of esters is 1. The van der Waals surface area contributed by atoms with Crippen LogP contribution in [-0.2, 0) is 19.1 Å². The van der Waals surface area contributed by atoms with Crippen molar-refractivity contribution in [1.29, 1.82) is 0 Å². The first-order chi connectivity index (χ1) is 8.88. The molecule has 0 saturated heterocycles. The molecular weight excluding hydrogens is 252 g/mol. The third kappa shape index (κ3) is 8.18. The molecule has 0 heterocycles. The second kappa shape index (κ2) is 9.35. The van der Waals surface area contributed by atoms with Crippen LogP contribution in [0.3, 0.4) is 0 Å². The Kier molecular flexibility index (Phi) is 8.57. The molecular formula is C13H22O6. The third-order valence-electron chi connectivity index (χ3n) is 2.86. The summed E-state index contributed by atoms with van der Waals surface area (Å²) in [4.78, 5) is 32.7. The summed E-state index contributed by atoms with van der Waals surface area (Å²) in [6.45, 7) is 3.28. The van der Waals surface area contributed by atoms with E-state index < -0.39 is 29.7 Å². The Morgan fingerprint density at radius 3 is 2.21 bits per heavy atom. The van der Waals surface area contributed by atoms with Crippen molar-refractivity contribution in [1.82, 2.24) is 0 Å². The molecule has 0 aliphatic carbocycles. The molecule has 0 aliphatic rings. The average Bonchev–Trinajstić information content (AvgIpc) is 2.32. The predicted octanol–water partition coefficient (Wildman–Crippen LogP) is 1.92. The van der Waals surface area contributed by atoms with E-state index in [0.29, 0.717) is 25.7 Å². The predicted molar refractivity (Wildman–Crippen MR) is 67.6 cm³/mol. The maximum absolute atomic E-state index is 11.1. The number of hydrogen-bond acceptors (Lipinski definition) is 4. The topological polar surface area (TPSA) is 101 Å². The molecule has 0 amide bonds. The summed E-state index contributed by atoms with van der Waals surface area (Å²) in [7, 11) is 0. The van der Waals surface area contributed by atoms with Crippen LogP contribution in [0, 0.1) is 11.8 Å². The van der Waals surface area contributed by atoms with Crippen molar-refractivity contribution in [3.63, 3.8) is 0 Å². The summed E-state index contributed by atoms with van der Waals surface area (Å²) >= 11 is 0. The minimum atomic E-state index is -1.02. The van der Waals surface area contributed by atoms with Crippen molar-refractivity contribution >= 4 is 17.9 Å². The van der Waals surface area contributed by atoms with Crippen molar-refractivity contribution in [2.24, 2.45) is 11.8 Å². The van der Waals surface area contributed by atoms with Gasteiger partial charge in [0, 0.05) is 6.42 Å². The average molecular weight is 274 g/mol. The summed E-state index contributed by atoms with van der Waals surface area (Å²) in [6.07, 6.45) is 2.15. The van der Waals surface area contributed by atoms with E-state index in [9.17, 15) is 14.4 Å². The molecule has 0 bridgehead atoms. The Morgan fingerprint density at radius 1 is 1.11 bits per heavy atom. The van der Waals surface area contributed by atoms with Crippen LogP contribution >= 0.6 is 0 Å². The standard InChI is InChI=1S/C13H22O6/c1-3-5-11(14)19-8-10(13(17)18)7-4-6-9(2)12(15)16/h9-10H,3-8H2,1-2H3,(H,15,16)(H,17,18). The van der Waals surface area contributed by atoms with Crippen LogP contribution in [0.1, 0.15) is 46.0 Å². The molecule has 0 fully saturated rings. The lowest BCUT2D eigenvalue weighted by Crippen LogP contribution is -2.22. The summed E-state index contributed by atoms with van der Waals surface area (Å²) in [5.74, 6) is -3.56. The lowest BCUT2D eigenvalue weighted by molar-refractivity contribution is -0.151. The van der Waals surface area contributed by atoms with Crippen molar-refractivity contribution in [3.05, 3.63) is 0 Å². The molecule has 0 aromatic carbocycles. The molecule has 6 nitrogen and oxygen atoms in total. The second-order valence-electron chi connectivity index (χ2n) is 4.64. The Morgan fingerprint density at radius 2 is 1.74 bits per heavy atom. The van der Waals surface area contributed by atoms with Gasteiger partial charge in [-0.25, -0.2) is 0 Å². The zero-order valence-electron chi connectivity index (χ0n) is 11.4. The fraction of sp³-hybridized carbons (Fsp3) is 0.769. The summed E-state index contributed by atoms with van der Waals surface area (Å²) in [6, 6.07) is 0. The van der Waals surface area contributed by atoms with Gasteiger partial charge in [0.25, 0.3) is 0 Å².